The predicted octanol–water partition coefficient (Wildman–Crippen LogP) is 4.84. The zero-order valence-electron chi connectivity index (χ0n) is 24.4. The first kappa shape index (κ1) is 29.3. The first-order chi connectivity index (χ1) is 20.5. The zero-order chi connectivity index (χ0) is 29.1. The van der Waals surface area contributed by atoms with E-state index < -0.39 is 0 Å². The number of benzene rings is 2. The van der Waals surface area contributed by atoms with Gasteiger partial charge in [-0.3, -0.25) is 14.6 Å². The molecule has 42 heavy (non-hydrogen) atoms. The van der Waals surface area contributed by atoms with Crippen molar-refractivity contribution in [3.63, 3.8) is 0 Å². The highest BCUT2D eigenvalue weighted by Gasteiger charge is 2.20. The van der Waals surface area contributed by atoms with Gasteiger partial charge in [0.1, 0.15) is 5.75 Å². The lowest BCUT2D eigenvalue weighted by Gasteiger charge is -2.33. The molecule has 9 nitrogen and oxygen atoms in total. The summed E-state index contributed by atoms with van der Waals surface area (Å²) >= 11 is 0. The topological polar surface area (TPSA) is 94.7 Å². The van der Waals surface area contributed by atoms with Gasteiger partial charge in [-0.2, -0.15) is 0 Å². The third-order valence-corrected chi connectivity index (χ3v) is 7.42. The summed E-state index contributed by atoms with van der Waals surface area (Å²) in [5, 5.41) is 10.1. The van der Waals surface area contributed by atoms with E-state index in [0.29, 0.717) is 12.6 Å². The fourth-order valence-electron chi connectivity index (χ4n) is 5.40. The Kier molecular flexibility index (Phi) is 10.2. The lowest BCUT2D eigenvalue weighted by atomic mass is 10.1. The van der Waals surface area contributed by atoms with Crippen LogP contribution in [0, 0.1) is 0 Å². The number of rotatable bonds is 6. The third kappa shape index (κ3) is 8.64. The van der Waals surface area contributed by atoms with E-state index in [2.05, 4.69) is 74.7 Å². The minimum absolute atomic E-state index is 0.0995. The fraction of sp³-hybridized carbons (Fsp3) is 0.364. The Labute approximate surface area is 248 Å². The van der Waals surface area contributed by atoms with Crippen molar-refractivity contribution in [3.05, 3.63) is 85.1 Å². The second kappa shape index (κ2) is 14.6. The Morgan fingerprint density at radius 1 is 1.21 bits per heavy atom. The number of amides is 1. The average molecular weight is 568 g/mol. The smallest absolute Gasteiger partial charge is 0.243 e. The number of nitrogens with one attached hydrogen (secondary N) is 3. The molecule has 1 atom stereocenters. The molecule has 1 aromatic heterocycles. The maximum Gasteiger partial charge on any atom is 0.243 e. The quantitative estimate of drug-likeness (QED) is 0.288. The Morgan fingerprint density at radius 3 is 3.05 bits per heavy atom. The van der Waals surface area contributed by atoms with Gasteiger partial charge in [0.25, 0.3) is 0 Å². The van der Waals surface area contributed by atoms with Crippen molar-refractivity contribution in [2.45, 2.75) is 31.8 Å². The number of likely N-dealkylation sites (N-methyl/N-ethyl adjacent to an activating group) is 1. The Bertz CT molecular complexity index is 1390. The van der Waals surface area contributed by atoms with E-state index in [1.165, 1.54) is 11.6 Å². The fourth-order valence-corrected chi connectivity index (χ4v) is 5.40. The van der Waals surface area contributed by atoms with Crippen molar-refractivity contribution in [1.82, 2.24) is 25.1 Å². The lowest BCUT2D eigenvalue weighted by Crippen LogP contribution is -2.48. The Hall–Kier alpha value is -4.21. The number of carbonyl (C=O) groups excluding carboxylic acids is 1. The van der Waals surface area contributed by atoms with Crippen molar-refractivity contribution in [2.24, 2.45) is 0 Å². The van der Waals surface area contributed by atoms with Crippen LogP contribution in [0.5, 0.6) is 5.75 Å². The minimum Gasteiger partial charge on any atom is -0.493 e. The first-order valence-corrected chi connectivity index (χ1v) is 14.7. The molecule has 220 valence electrons. The summed E-state index contributed by atoms with van der Waals surface area (Å²) in [6.07, 6.45) is 10.4. The molecule has 9 heteroatoms. The highest BCUT2D eigenvalue weighted by molar-refractivity contribution is 5.87. The summed E-state index contributed by atoms with van der Waals surface area (Å²) in [5.74, 6) is 1.27. The Morgan fingerprint density at radius 2 is 2.14 bits per heavy atom. The van der Waals surface area contributed by atoms with Gasteiger partial charge in [-0.1, -0.05) is 30.9 Å². The molecule has 0 aliphatic carbocycles. The van der Waals surface area contributed by atoms with Crippen LogP contribution in [0.4, 0.5) is 17.3 Å². The van der Waals surface area contributed by atoms with Crippen LogP contribution in [0.15, 0.2) is 79.5 Å². The van der Waals surface area contributed by atoms with E-state index in [9.17, 15) is 4.79 Å². The maximum absolute atomic E-state index is 11.8. The maximum atomic E-state index is 11.8. The van der Waals surface area contributed by atoms with Gasteiger partial charge in [-0.05, 0) is 80.9 Å². The largest absolute Gasteiger partial charge is 0.493 e. The summed E-state index contributed by atoms with van der Waals surface area (Å²) in [5.41, 5.74) is 4.98. The number of anilines is 3. The van der Waals surface area contributed by atoms with Gasteiger partial charge in [0.05, 0.1) is 12.3 Å². The monoisotopic (exact) mass is 567 g/mol. The molecule has 1 amide bonds. The van der Waals surface area contributed by atoms with Crippen LogP contribution in [0.2, 0.25) is 0 Å². The molecule has 2 aliphatic rings. The number of likely N-dealkylation sites (tertiary alicyclic amines) is 1. The first-order valence-electron chi connectivity index (χ1n) is 14.7. The molecule has 1 fully saturated rings. The second-order valence-corrected chi connectivity index (χ2v) is 10.9. The van der Waals surface area contributed by atoms with Crippen LogP contribution in [0.25, 0.3) is 11.3 Å². The highest BCUT2D eigenvalue weighted by atomic mass is 16.5. The predicted molar refractivity (Wildman–Crippen MR) is 169 cm³/mol. The molecule has 2 aromatic carbocycles. The van der Waals surface area contributed by atoms with E-state index in [4.69, 9.17) is 9.72 Å². The van der Waals surface area contributed by atoms with Gasteiger partial charge in [-0.15, -0.1) is 0 Å². The molecule has 3 N–H and O–H groups in total. The average Bonchev–Trinajstić information content (AvgIpc) is 2.99. The number of nitrogens with zero attached hydrogens (tertiary/aromatic N) is 4. The van der Waals surface area contributed by atoms with Crippen molar-refractivity contribution >= 4 is 23.2 Å². The molecule has 2 aliphatic heterocycles. The van der Waals surface area contributed by atoms with Crippen LogP contribution in [0.3, 0.4) is 0 Å². The lowest BCUT2D eigenvalue weighted by molar-refractivity contribution is -0.117. The summed E-state index contributed by atoms with van der Waals surface area (Å²) in [6.45, 7) is 9.43. The second-order valence-electron chi connectivity index (χ2n) is 10.9. The van der Waals surface area contributed by atoms with E-state index in [1.54, 1.807) is 6.20 Å². The van der Waals surface area contributed by atoms with E-state index >= 15 is 0 Å². The number of aromatic nitrogens is 2. The van der Waals surface area contributed by atoms with Crippen molar-refractivity contribution in [1.29, 1.82) is 0 Å². The molecule has 3 heterocycles. The summed E-state index contributed by atoms with van der Waals surface area (Å²) in [6, 6.07) is 16.6. The summed E-state index contributed by atoms with van der Waals surface area (Å²) < 4.78 is 5.98. The standard InChI is InChI=1S/C33H41N7O2/c1-3-32(41)36-27-10-8-16-40(24-27)17-14-34-28-19-25-20-29(22-28)37-33-35-13-12-31(38-33)26-9-7-11-30(21-26)42-18-6-4-5-15-39(2)23-25/h3-5,7,9,11-13,19-22,27,34H,1,6,8,10,14-18,23-24H2,2H3,(H,36,41)(H,35,37,38)/b5-4+. The van der Waals surface area contributed by atoms with Gasteiger partial charge in [-0.25, -0.2) is 9.97 Å². The van der Waals surface area contributed by atoms with Crippen LogP contribution in [0.1, 0.15) is 24.8 Å². The number of hydrogen-bond donors (Lipinski definition) is 3. The molecule has 5 rings (SSSR count). The number of hydrogen-bond acceptors (Lipinski definition) is 8. The third-order valence-electron chi connectivity index (χ3n) is 7.42. The van der Waals surface area contributed by atoms with Gasteiger partial charge in [0.2, 0.25) is 11.9 Å². The molecule has 6 bridgehead atoms. The van der Waals surface area contributed by atoms with Gasteiger partial charge >= 0.3 is 0 Å². The van der Waals surface area contributed by atoms with Crippen molar-refractivity contribution in [2.75, 3.05) is 57.0 Å². The molecular formula is C33H41N7O2. The zero-order valence-corrected chi connectivity index (χ0v) is 24.4. The van der Waals surface area contributed by atoms with Gasteiger partial charge in [0, 0.05) is 61.9 Å². The molecule has 3 aromatic rings. The number of fused-ring (bicyclic) bond motifs is 7. The van der Waals surface area contributed by atoms with Gasteiger partial charge in [0.15, 0.2) is 0 Å². The minimum atomic E-state index is -0.0995. The summed E-state index contributed by atoms with van der Waals surface area (Å²) in [7, 11) is 2.13. The molecule has 0 radical (unpaired) electrons. The number of piperidine rings is 1. The molecule has 1 saturated heterocycles. The number of ether oxygens (including phenoxy) is 1. The van der Waals surface area contributed by atoms with Crippen molar-refractivity contribution < 1.29 is 9.53 Å². The molecule has 0 saturated carbocycles. The molecular weight excluding hydrogens is 526 g/mol. The van der Waals surface area contributed by atoms with Crippen LogP contribution < -0.4 is 20.7 Å². The molecule has 1 unspecified atom stereocenters. The van der Waals surface area contributed by atoms with Crippen LogP contribution >= 0.6 is 0 Å². The van der Waals surface area contributed by atoms with Gasteiger partial charge < -0.3 is 20.7 Å². The van der Waals surface area contributed by atoms with Crippen LogP contribution in [-0.2, 0) is 11.3 Å². The number of carbonyl (C=O) groups is 1. The molecule has 0 spiro atoms. The van der Waals surface area contributed by atoms with Crippen molar-refractivity contribution in [3.8, 4) is 17.0 Å². The SMILES string of the molecule is C=CC(=O)NC1CCCN(CCNc2cc3cc(c2)Nc2nccc(n2)-c2cccc(c2)OCC/C=C/CN(C)C3)C1. The Balaban J connectivity index is 1.32. The normalized spacial score (nSPS) is 18.8. The highest BCUT2D eigenvalue weighted by Crippen LogP contribution is 2.26. The van der Waals surface area contributed by atoms with Crippen LogP contribution in [-0.4, -0.2) is 78.1 Å². The van der Waals surface area contributed by atoms with E-state index in [1.807, 2.05) is 30.3 Å². The van der Waals surface area contributed by atoms with E-state index in [-0.39, 0.29) is 11.9 Å². The van der Waals surface area contributed by atoms with E-state index in [0.717, 1.165) is 86.9 Å². The summed E-state index contributed by atoms with van der Waals surface area (Å²) in [4.78, 5) is 25.7.